The predicted molar refractivity (Wildman–Crippen MR) is 210 cm³/mol. The molecule has 5 saturated heterocycles. The second-order valence-electron chi connectivity index (χ2n) is 20.8. The highest BCUT2D eigenvalue weighted by Gasteiger charge is 2.63. The second-order valence-corrected chi connectivity index (χ2v) is 20.8. The van der Waals surface area contributed by atoms with Crippen LogP contribution in [0.2, 0.25) is 0 Å². The number of carboxylic acids is 1. The van der Waals surface area contributed by atoms with Gasteiger partial charge in [-0.1, -0.05) is 46.3 Å². The van der Waals surface area contributed by atoms with Crippen LogP contribution in [0, 0.1) is 46.3 Å². The Bertz CT molecular complexity index is 1670. The Morgan fingerprint density at radius 2 is 1.35 bits per heavy atom. The zero-order chi connectivity index (χ0) is 44.3. The number of aliphatic carboxylic acids is 1. The second kappa shape index (κ2) is 17.0. The average Bonchev–Trinajstić information content (AvgIpc) is 3.97. The predicted octanol–water partition coefficient (Wildman–Crippen LogP) is -0.433. The van der Waals surface area contributed by atoms with Gasteiger partial charge in [0.05, 0.1) is 37.6 Å². The van der Waals surface area contributed by atoms with Gasteiger partial charge in [0.25, 0.3) is 0 Å². The van der Waals surface area contributed by atoms with E-state index >= 15 is 0 Å². The number of rotatable bonds is 5. The summed E-state index contributed by atoms with van der Waals surface area (Å²) in [6.07, 6.45) is -18.5. The molecular formula is C44H68O18. The topological polar surface area (TPSA) is 276 Å². The minimum atomic E-state index is -2.01. The maximum absolute atomic E-state index is 12.3. The molecule has 8 fully saturated rings. The van der Waals surface area contributed by atoms with Crippen LogP contribution in [0.25, 0.3) is 0 Å². The molecule has 0 aromatic carbocycles. The molecule has 0 amide bonds. The van der Waals surface area contributed by atoms with Crippen LogP contribution in [0.4, 0.5) is 0 Å². The van der Waals surface area contributed by atoms with Crippen molar-refractivity contribution >= 4 is 5.97 Å². The van der Waals surface area contributed by atoms with Gasteiger partial charge in [0.2, 0.25) is 0 Å². The number of allylic oxidation sites excluding steroid dienone is 1. The summed E-state index contributed by atoms with van der Waals surface area (Å²) in [7, 11) is 0. The third-order valence-corrected chi connectivity index (χ3v) is 17.1. The first-order valence-corrected chi connectivity index (χ1v) is 22.9. The summed E-state index contributed by atoms with van der Waals surface area (Å²) in [5, 5.41) is 98.3. The molecule has 5 aliphatic heterocycles. The average molecular weight is 885 g/mol. The Kier molecular flexibility index (Phi) is 12.6. The Morgan fingerprint density at radius 3 is 2.03 bits per heavy atom. The highest BCUT2D eigenvalue weighted by atomic mass is 16.8. The lowest BCUT2D eigenvalue weighted by Gasteiger charge is -2.60. The maximum atomic E-state index is 12.3. The fourth-order valence-electron chi connectivity index (χ4n) is 13.5. The third kappa shape index (κ3) is 7.53. The van der Waals surface area contributed by atoms with E-state index in [9.17, 15) is 50.8 Å². The van der Waals surface area contributed by atoms with E-state index in [1.165, 1.54) is 5.57 Å². The number of ether oxygens (including phenoxy) is 8. The molecule has 5 heterocycles. The molecule has 0 radical (unpaired) electrons. The molecule has 18 heteroatoms. The third-order valence-electron chi connectivity index (χ3n) is 17.1. The van der Waals surface area contributed by atoms with Crippen LogP contribution in [0.5, 0.6) is 0 Å². The first kappa shape index (κ1) is 45.7. The lowest BCUT2D eigenvalue weighted by atomic mass is 9.47. The van der Waals surface area contributed by atoms with Crippen LogP contribution in [-0.2, 0) is 42.7 Å². The quantitative estimate of drug-likeness (QED) is 0.125. The smallest absolute Gasteiger partial charge is 0.335 e. The summed E-state index contributed by atoms with van der Waals surface area (Å²) in [4.78, 5) is 12.3. The molecule has 26 atom stereocenters. The van der Waals surface area contributed by atoms with Crippen LogP contribution in [-0.4, -0.2) is 182 Å². The van der Waals surface area contributed by atoms with Crippen LogP contribution >= 0.6 is 0 Å². The van der Waals surface area contributed by atoms with Gasteiger partial charge in [-0.15, -0.1) is 0 Å². The SMILES string of the molecule is CC(C)[C@@H]1O[C@H]1C(C)[C@H]1CCC2C3=C[C@H]4OCC5OC(OC6C(OC(CO)C(O)C6O)OC6C(OC(C(=O)O)C(O)C6O)O[C@H]6CC[C@](C)(C3CC[C@@]21C)C4C6)C(O)C(O)C5O. The molecule has 0 aromatic heterocycles. The van der Waals surface area contributed by atoms with E-state index in [4.69, 9.17) is 37.9 Å². The van der Waals surface area contributed by atoms with E-state index < -0.39 is 117 Å². The van der Waals surface area contributed by atoms with Gasteiger partial charge in [-0.2, -0.15) is 0 Å². The zero-order valence-corrected chi connectivity index (χ0v) is 36.1. The number of carbonyl (C=O) groups is 1. The van der Waals surface area contributed by atoms with Crippen molar-refractivity contribution in [3.8, 4) is 0 Å². The first-order valence-electron chi connectivity index (χ1n) is 22.9. The van der Waals surface area contributed by atoms with E-state index in [2.05, 4.69) is 40.7 Å². The Hall–Kier alpha value is -1.43. The van der Waals surface area contributed by atoms with Gasteiger partial charge in [0.15, 0.2) is 25.0 Å². The van der Waals surface area contributed by atoms with E-state index in [1.807, 2.05) is 0 Å². The summed E-state index contributed by atoms with van der Waals surface area (Å²) in [5.41, 5.74) is 1.16. The number of aliphatic hydroxyl groups is 8. The van der Waals surface area contributed by atoms with Crippen molar-refractivity contribution in [2.24, 2.45) is 46.3 Å². The zero-order valence-electron chi connectivity index (χ0n) is 36.1. The molecule has 18 nitrogen and oxygen atoms in total. The van der Waals surface area contributed by atoms with Gasteiger partial charge in [-0.05, 0) is 91.3 Å². The summed E-state index contributed by atoms with van der Waals surface area (Å²) in [6, 6.07) is 0. The van der Waals surface area contributed by atoms with Gasteiger partial charge in [-0.3, -0.25) is 0 Å². The van der Waals surface area contributed by atoms with Gasteiger partial charge in [0.1, 0.15) is 67.1 Å². The fraction of sp³-hybridized carbons (Fsp3) is 0.932. The van der Waals surface area contributed by atoms with Crippen LogP contribution in [0.3, 0.4) is 0 Å². The summed E-state index contributed by atoms with van der Waals surface area (Å²) >= 11 is 0. The van der Waals surface area contributed by atoms with Crippen LogP contribution in [0.15, 0.2) is 11.6 Å². The van der Waals surface area contributed by atoms with Crippen molar-refractivity contribution in [2.75, 3.05) is 13.2 Å². The van der Waals surface area contributed by atoms with Gasteiger partial charge in [0, 0.05) is 0 Å². The molecule has 3 saturated carbocycles. The first-order chi connectivity index (χ1) is 29.4. The fourth-order valence-corrected chi connectivity index (χ4v) is 13.5. The monoisotopic (exact) mass is 884 g/mol. The summed E-state index contributed by atoms with van der Waals surface area (Å²) < 4.78 is 49.6. The van der Waals surface area contributed by atoms with E-state index in [-0.39, 0.29) is 35.4 Å². The summed E-state index contributed by atoms with van der Waals surface area (Å²) in [5.74, 6) is 0.221. The molecule has 0 spiro atoms. The van der Waals surface area contributed by atoms with Crippen molar-refractivity contribution < 1.29 is 88.6 Å². The standard InChI is InChI=1S/C44H68O18/c1-16(2)34-35(59-34)17(3)20-6-7-21-19-13-24-23-12-18(8-10-44(23,5)22(19)9-11-43(20,21)4)56-41-38(32(51)31(50)36(60-41)39(53)54)62-42-37(30(49)27(46)25(14-45)57-42)61-40-33(52)29(48)28(47)26(58-40)15-55-24/h13,16-18,20-38,40-42,45-52H,6-12,14-15H2,1-5H3,(H,53,54)/t17?,18-,20+,21?,22?,23?,24+,25?,26?,27?,28?,29?,30?,31?,32?,33?,34-,35-,36?,37?,38?,40?,41?,42?,43+,44+/m0/s1. The Morgan fingerprint density at radius 1 is 0.694 bits per heavy atom. The number of fused-ring (bicyclic) bond motifs is 9. The molecule has 4 aliphatic carbocycles. The van der Waals surface area contributed by atoms with Gasteiger partial charge in [-0.25, -0.2) is 4.79 Å². The molecule has 9 aliphatic rings. The van der Waals surface area contributed by atoms with Crippen molar-refractivity contribution in [3.63, 3.8) is 0 Å². The molecule has 9 rings (SSSR count). The van der Waals surface area contributed by atoms with Crippen molar-refractivity contribution in [1.29, 1.82) is 0 Å². The number of aliphatic hydroxyl groups excluding tert-OH is 8. The molecule has 19 unspecified atom stereocenters. The van der Waals surface area contributed by atoms with Crippen molar-refractivity contribution in [2.45, 2.75) is 196 Å². The number of hydrogen-bond acceptors (Lipinski definition) is 17. The highest BCUT2D eigenvalue weighted by molar-refractivity contribution is 5.73. The van der Waals surface area contributed by atoms with Crippen molar-refractivity contribution in [3.05, 3.63) is 11.6 Å². The van der Waals surface area contributed by atoms with E-state index in [0.29, 0.717) is 49.0 Å². The minimum Gasteiger partial charge on any atom is -0.479 e. The van der Waals surface area contributed by atoms with Crippen LogP contribution < -0.4 is 0 Å². The van der Waals surface area contributed by atoms with E-state index in [1.54, 1.807) is 0 Å². The molecule has 9 N–H and O–H groups in total. The van der Waals surface area contributed by atoms with E-state index in [0.717, 1.165) is 25.7 Å². The van der Waals surface area contributed by atoms with Crippen molar-refractivity contribution in [1.82, 2.24) is 0 Å². The number of epoxide rings is 1. The largest absolute Gasteiger partial charge is 0.479 e. The minimum absolute atomic E-state index is 0.0555. The maximum Gasteiger partial charge on any atom is 0.335 e. The highest BCUT2D eigenvalue weighted by Crippen LogP contribution is 2.68. The summed E-state index contributed by atoms with van der Waals surface area (Å²) in [6.45, 7) is 10.5. The molecular weight excluding hydrogens is 816 g/mol. The normalized spacial score (nSPS) is 55.8. The molecule has 352 valence electrons. The van der Waals surface area contributed by atoms with Gasteiger partial charge >= 0.3 is 5.97 Å². The lowest BCUT2D eigenvalue weighted by Crippen LogP contribution is -2.67. The van der Waals surface area contributed by atoms with Gasteiger partial charge < -0.3 is 83.9 Å². The molecule has 0 aromatic rings. The number of carboxylic acid groups (broad SMARTS) is 1. The Labute approximate surface area is 361 Å². The molecule has 4 bridgehead atoms. The number of hydrogen-bond donors (Lipinski definition) is 9. The molecule has 62 heavy (non-hydrogen) atoms. The van der Waals surface area contributed by atoms with Crippen LogP contribution in [0.1, 0.15) is 79.6 Å². The Balaban J connectivity index is 1.07. The lowest BCUT2D eigenvalue weighted by molar-refractivity contribution is -0.395.